The maximum atomic E-state index is 16.0. The first-order valence-corrected chi connectivity index (χ1v) is 18.3. The summed E-state index contributed by atoms with van der Waals surface area (Å²) in [5.41, 5.74) is 5.35. The lowest BCUT2D eigenvalue weighted by Gasteiger charge is -2.29. The summed E-state index contributed by atoms with van der Waals surface area (Å²) in [6.07, 6.45) is -7.81. The number of hydrogen-bond donors (Lipinski definition) is 3. The summed E-state index contributed by atoms with van der Waals surface area (Å²) in [5.74, 6) is -0.876. The zero-order valence-corrected chi connectivity index (χ0v) is 26.5. The van der Waals surface area contributed by atoms with Gasteiger partial charge in [-0.15, -0.1) is 0 Å². The largest absolute Gasteiger partial charge is 0.386 e. The van der Waals surface area contributed by atoms with Gasteiger partial charge in [0.05, 0.1) is 25.9 Å². The third-order valence-electron chi connectivity index (χ3n) is 7.80. The van der Waals surface area contributed by atoms with Crippen LogP contribution in [-0.4, -0.2) is 96.2 Å². The number of alkyl halides is 1. The van der Waals surface area contributed by atoms with Gasteiger partial charge >= 0.3 is 6.80 Å². The van der Waals surface area contributed by atoms with Crippen LogP contribution in [0, 0.1) is 5.82 Å². The number of nitrogen functional groups attached to an aromatic ring is 1. The minimum Gasteiger partial charge on any atom is -0.386 e. The third-order valence-corrected chi connectivity index (χ3v) is 10.7. The van der Waals surface area contributed by atoms with Crippen LogP contribution in [0.1, 0.15) is 12.5 Å². The van der Waals surface area contributed by atoms with E-state index in [1.54, 1.807) is 0 Å². The number of fused-ring (bicyclic) bond motifs is 4. The maximum absolute atomic E-state index is 16.0. The van der Waals surface area contributed by atoms with E-state index in [1.165, 1.54) is 17.9 Å². The van der Waals surface area contributed by atoms with E-state index in [2.05, 4.69) is 32.2 Å². The van der Waals surface area contributed by atoms with E-state index in [1.807, 2.05) is 0 Å². The van der Waals surface area contributed by atoms with Crippen LogP contribution in [0.2, 0.25) is 0 Å². The molecule has 246 valence electrons. The smallest absolute Gasteiger partial charge is 0.386 e. The van der Waals surface area contributed by atoms with Crippen molar-refractivity contribution in [1.82, 2.24) is 33.6 Å². The van der Waals surface area contributed by atoms with E-state index < -0.39 is 88.0 Å². The second kappa shape index (κ2) is 11.4. The Kier molecular flexibility index (Phi) is 7.91. The number of nitrogens with two attached hydrogens (primary N) is 1. The predicted molar refractivity (Wildman–Crippen MR) is 158 cm³/mol. The molecule has 3 saturated heterocycles. The molecule has 46 heavy (non-hydrogen) atoms. The number of aromatic nitrogens is 7. The van der Waals surface area contributed by atoms with Crippen molar-refractivity contribution in [2.24, 2.45) is 7.05 Å². The van der Waals surface area contributed by atoms with Crippen molar-refractivity contribution in [3.05, 3.63) is 41.3 Å². The van der Waals surface area contributed by atoms with Gasteiger partial charge in [0.15, 0.2) is 41.6 Å². The van der Waals surface area contributed by atoms with Crippen LogP contribution < -0.4 is 11.3 Å². The predicted octanol–water partition coefficient (Wildman–Crippen LogP) is 0.386. The van der Waals surface area contributed by atoms with Crippen molar-refractivity contribution < 1.29 is 50.6 Å². The number of hydrogen-bond acceptors (Lipinski definition) is 15. The number of nitrogens with zero attached hydrogens (tertiary/aromatic N) is 7. The van der Waals surface area contributed by atoms with Crippen LogP contribution in [0.3, 0.4) is 0 Å². The van der Waals surface area contributed by atoms with Crippen LogP contribution in [0.5, 0.6) is 0 Å². The molecule has 0 aliphatic carbocycles. The van der Waals surface area contributed by atoms with Gasteiger partial charge in [0, 0.05) is 13.2 Å². The van der Waals surface area contributed by atoms with Gasteiger partial charge in [-0.3, -0.25) is 23.0 Å². The Morgan fingerprint density at radius 3 is 2.52 bits per heavy atom. The number of imidazole rings is 1. The molecule has 0 bridgehead atoms. The Morgan fingerprint density at radius 2 is 1.74 bits per heavy atom. The molecule has 3 aliphatic heterocycles. The topological polar surface area (TPSA) is 219 Å². The molecule has 24 heteroatoms. The van der Waals surface area contributed by atoms with Gasteiger partial charge in [0.25, 0.3) is 20.6 Å². The first-order chi connectivity index (χ1) is 21.7. The molecule has 0 saturated carbocycles. The van der Waals surface area contributed by atoms with E-state index >= 15 is 4.39 Å². The number of anilines is 1. The third kappa shape index (κ3) is 5.39. The van der Waals surface area contributed by atoms with Crippen molar-refractivity contribution in [3.63, 3.8) is 0 Å². The van der Waals surface area contributed by atoms with E-state index in [-0.39, 0.29) is 28.0 Å². The second-order valence-electron chi connectivity index (χ2n) is 10.9. The molecule has 0 radical (unpaired) electrons. The van der Waals surface area contributed by atoms with Crippen LogP contribution in [0.15, 0.2) is 30.0 Å². The van der Waals surface area contributed by atoms with Crippen LogP contribution in [0.25, 0.3) is 22.2 Å². The summed E-state index contributed by atoms with van der Waals surface area (Å²) >= 11 is 4.01. The minimum absolute atomic E-state index is 0.0494. The summed E-state index contributed by atoms with van der Waals surface area (Å²) in [7, 11) is -1.60. The number of aliphatic hydroxyl groups is 1. The average Bonchev–Trinajstić information content (AvgIpc) is 3.73. The first-order valence-electron chi connectivity index (χ1n) is 13.6. The monoisotopic (exact) mass is 704 g/mol. The SMILES string of the molecule is BP1(=O)OC[C@H]2O[C@@H](n3cnc4c(N)ncnc43)C(F)C2OP(=O)(S)OC[C@H]2O[C@@H](n3cc(F)c4c(=O)n(C)cnc43)C(O)C2O1. The highest BCUT2D eigenvalue weighted by Gasteiger charge is 2.53. The molecule has 3 aliphatic rings. The Labute approximate surface area is 262 Å². The van der Waals surface area contributed by atoms with E-state index in [0.717, 1.165) is 35.6 Å². The minimum atomic E-state index is -4.41. The van der Waals surface area contributed by atoms with E-state index in [9.17, 15) is 23.4 Å². The summed E-state index contributed by atoms with van der Waals surface area (Å²) in [6.45, 7) is -5.64. The number of rotatable bonds is 2. The van der Waals surface area contributed by atoms with Crippen LogP contribution in [0.4, 0.5) is 14.6 Å². The Morgan fingerprint density at radius 1 is 1.02 bits per heavy atom. The lowest BCUT2D eigenvalue weighted by atomic mass is 10.1. The molecular formula is C22H25BF2N8O10P2S. The molecule has 10 atom stereocenters. The van der Waals surface area contributed by atoms with Crippen molar-refractivity contribution in [1.29, 1.82) is 0 Å². The number of aryl methyl sites for hydroxylation is 1. The summed E-state index contributed by atoms with van der Waals surface area (Å²) in [4.78, 5) is 28.7. The van der Waals surface area contributed by atoms with Crippen LogP contribution >= 0.6 is 26.5 Å². The summed E-state index contributed by atoms with van der Waals surface area (Å²) in [5, 5.41) is 10.9. The highest BCUT2D eigenvalue weighted by Crippen LogP contribution is 2.58. The second-order valence-corrected chi connectivity index (χ2v) is 15.8. The number of ether oxygens (including phenoxy) is 2. The molecule has 4 aromatic heterocycles. The number of thiol groups is 1. The molecule has 0 spiro atoms. The Bertz CT molecular complexity index is 2000. The zero-order chi connectivity index (χ0) is 32.7. The van der Waals surface area contributed by atoms with Crippen molar-refractivity contribution in [2.45, 2.75) is 49.1 Å². The molecule has 18 nitrogen and oxygen atoms in total. The molecule has 3 N–H and O–H groups in total. The van der Waals surface area contributed by atoms with Crippen LogP contribution in [-0.2, 0) is 43.7 Å². The summed E-state index contributed by atoms with van der Waals surface area (Å²) < 4.78 is 95.2. The van der Waals surface area contributed by atoms with Gasteiger partial charge in [-0.25, -0.2) is 33.3 Å². The fraction of sp³-hybridized carbons (Fsp3) is 0.500. The Hall–Kier alpha value is -2.78. The number of halogens is 2. The fourth-order valence-corrected chi connectivity index (χ4v) is 8.30. The standard InChI is InChI=1S/C22H25BF2N8O10P2S/c1-31-6-30-18-11(20(31)35)8(24)2-32(18)22-14(34)16-10(41-22)4-39-45(37,46)43-15-9(3-38-44(23,36)42-16)40-21(12(15)25)33-7-29-13-17(26)27-5-28-19(13)33/h2,5-7,9-10,12,14-16,21-22,34H,3-4,23H2,1H3,(H,37,46)(H2,26,27,28)/t9-,10-,12?,14?,15?,16?,21-,22-,44?,45?/m1/s1. The molecule has 7 heterocycles. The van der Waals surface area contributed by atoms with Gasteiger partial charge in [-0.1, -0.05) is 12.2 Å². The maximum Gasteiger partial charge on any atom is 0.386 e. The van der Waals surface area contributed by atoms with Gasteiger partial charge in [0.2, 0.25) is 0 Å². The van der Waals surface area contributed by atoms with Crippen molar-refractivity contribution >= 4 is 62.1 Å². The molecular weight excluding hydrogens is 679 g/mol. The lowest BCUT2D eigenvalue weighted by molar-refractivity contribution is -0.0556. The lowest BCUT2D eigenvalue weighted by Crippen LogP contribution is -2.38. The van der Waals surface area contributed by atoms with Crippen molar-refractivity contribution in [3.8, 4) is 0 Å². The van der Waals surface area contributed by atoms with Gasteiger partial charge in [-0.2, -0.15) is 0 Å². The van der Waals surface area contributed by atoms with E-state index in [0.29, 0.717) is 0 Å². The summed E-state index contributed by atoms with van der Waals surface area (Å²) in [6, 6.07) is 0. The van der Waals surface area contributed by atoms with Crippen molar-refractivity contribution in [2.75, 3.05) is 18.9 Å². The van der Waals surface area contributed by atoms with E-state index in [4.69, 9.17) is 33.3 Å². The normalized spacial score (nSPS) is 37.2. The molecule has 7 rings (SSSR count). The molecule has 0 amide bonds. The average molecular weight is 704 g/mol. The number of aliphatic hydroxyl groups excluding tert-OH is 1. The highest BCUT2D eigenvalue weighted by atomic mass is 32.7. The fourth-order valence-electron chi connectivity index (χ4n) is 5.64. The highest BCUT2D eigenvalue weighted by molar-refractivity contribution is 8.44. The quantitative estimate of drug-likeness (QED) is 0.146. The van der Waals surface area contributed by atoms with Gasteiger partial charge in [-0.05, 0) is 0 Å². The molecule has 4 aromatic rings. The van der Waals surface area contributed by atoms with Gasteiger partial charge in [0.1, 0.15) is 47.8 Å². The van der Waals surface area contributed by atoms with Gasteiger partial charge < -0.3 is 38.5 Å². The zero-order valence-electron chi connectivity index (χ0n) is 23.8. The molecule has 0 aromatic carbocycles. The first kappa shape index (κ1) is 31.8. The molecule has 6 unspecified atom stereocenters. The Balaban J connectivity index is 1.18. The molecule has 3 fully saturated rings.